The maximum absolute atomic E-state index is 11.4. The molecule has 12 aliphatic rings. The Morgan fingerprint density at radius 1 is 0.216 bits per heavy atom. The van der Waals surface area contributed by atoms with Gasteiger partial charge in [-0.05, 0) is 162 Å². The molecule has 0 amide bonds. The SMILES string of the molecule is COC1=CC(=O)OC(/C=C/c2ccc3c(c2)OCO3)C1.COC1=CC(=O)OC(/C=C/c2ccccc2)C1.COC1=CC(=O)OC(CCc2ccc3c(c2)OCO3)C1.COC1=CC(=O)OC(CCc2ccccc2)C1.COC1=CC(=O)O[C@@H](/C=C/c2ccc3c(c2)OCO3)C1.COC1=CC(=O)O[C@@H](/C=C/c2ccccc2)C1.COC1=CC(=O)O[C@@H](CCc2ccc3c(c2)OCO3)C1.COC1=CC(=O)O[C@H](/C=C/c2ccccc2)C1. The molecule has 32 heteroatoms. The fourth-order valence-corrected chi connectivity index (χ4v) is 15.8. The van der Waals surface area contributed by atoms with Crippen molar-refractivity contribution in [3.63, 3.8) is 0 Å². The van der Waals surface area contributed by atoms with Gasteiger partial charge >= 0.3 is 47.8 Å². The first-order valence-electron chi connectivity index (χ1n) is 47.9. The molecule has 12 aliphatic heterocycles. The summed E-state index contributed by atoms with van der Waals surface area (Å²) in [4.78, 5) is 90.5. The molecule has 20 rings (SSSR count). The van der Waals surface area contributed by atoms with Crippen LogP contribution in [0.2, 0.25) is 0 Å². The summed E-state index contributed by atoms with van der Waals surface area (Å²) in [7, 11) is 12.5. The molecule has 32 nitrogen and oxygen atoms in total. The molecule has 8 aromatic carbocycles. The maximum atomic E-state index is 11.4. The van der Waals surface area contributed by atoms with Crippen LogP contribution in [0.25, 0.3) is 30.4 Å². The lowest BCUT2D eigenvalue weighted by molar-refractivity contribution is -0.146. The van der Waals surface area contributed by atoms with Gasteiger partial charge in [0.15, 0.2) is 46.0 Å². The number of aryl methyl sites for hydroxylation is 3. The van der Waals surface area contributed by atoms with Crippen molar-refractivity contribution in [2.24, 2.45) is 0 Å². The number of rotatable bonds is 27. The van der Waals surface area contributed by atoms with Crippen LogP contribution in [-0.4, -0.2) is 181 Å². The molecule has 8 aromatic rings. The normalized spacial score (nSPS) is 20.2. The molecule has 0 N–H and O–H groups in total. The molecule has 0 aromatic heterocycles. The van der Waals surface area contributed by atoms with Gasteiger partial charge in [0.25, 0.3) is 0 Å². The molecule has 0 bridgehead atoms. The van der Waals surface area contributed by atoms with Gasteiger partial charge in [0, 0.05) is 51.4 Å². The number of esters is 8. The first kappa shape index (κ1) is 108. The molecule has 0 radical (unpaired) electrons. The van der Waals surface area contributed by atoms with Crippen molar-refractivity contribution < 1.29 is 152 Å². The van der Waals surface area contributed by atoms with Crippen molar-refractivity contribution in [1.82, 2.24) is 0 Å². The van der Waals surface area contributed by atoms with Gasteiger partial charge in [-0.2, -0.15) is 0 Å². The Morgan fingerprint density at radius 3 is 0.682 bits per heavy atom. The molecule has 0 saturated heterocycles. The first-order chi connectivity index (χ1) is 72.1. The van der Waals surface area contributed by atoms with E-state index >= 15 is 0 Å². The van der Waals surface area contributed by atoms with Crippen LogP contribution in [0.3, 0.4) is 0 Å². The lowest BCUT2D eigenvalue weighted by atomic mass is 10.0. The molecule has 8 atom stereocenters. The maximum Gasteiger partial charge on any atom is 0.334 e. The summed E-state index contributed by atoms with van der Waals surface area (Å²) in [5.41, 5.74) is 8.69. The van der Waals surface area contributed by atoms with Crippen LogP contribution in [0.1, 0.15) is 115 Å². The van der Waals surface area contributed by atoms with Gasteiger partial charge in [-0.15, -0.1) is 0 Å². The Kier molecular flexibility index (Phi) is 41.6. The second kappa shape index (κ2) is 56.8. The van der Waals surface area contributed by atoms with E-state index in [0.717, 1.165) is 123 Å². The highest BCUT2D eigenvalue weighted by atomic mass is 16.7. The van der Waals surface area contributed by atoms with Crippen LogP contribution in [0.4, 0.5) is 0 Å². The summed E-state index contributed by atoms with van der Waals surface area (Å²) in [6, 6.07) is 62.9. The van der Waals surface area contributed by atoms with Gasteiger partial charge < -0.3 is 114 Å². The number of ether oxygens (including phenoxy) is 24. The third-order valence-corrected chi connectivity index (χ3v) is 23.5. The van der Waals surface area contributed by atoms with E-state index < -0.39 is 0 Å². The van der Waals surface area contributed by atoms with E-state index in [9.17, 15) is 38.4 Å². The largest absolute Gasteiger partial charge is 0.501 e. The molecule has 0 aliphatic carbocycles. The minimum Gasteiger partial charge on any atom is -0.501 e. The zero-order valence-corrected chi connectivity index (χ0v) is 83.3. The molecular weight excluding hydrogens is 1910 g/mol. The van der Waals surface area contributed by atoms with Crippen LogP contribution in [0, 0.1) is 0 Å². The van der Waals surface area contributed by atoms with Crippen LogP contribution < -0.4 is 37.9 Å². The molecular formula is C116H118O32. The summed E-state index contributed by atoms with van der Waals surface area (Å²) in [6.07, 6.45) is 38.0. The highest BCUT2D eigenvalue weighted by Crippen LogP contribution is 2.39. The minimum absolute atomic E-state index is 0.0670. The van der Waals surface area contributed by atoms with Crippen LogP contribution in [0.5, 0.6) is 46.0 Å². The highest BCUT2D eigenvalue weighted by molar-refractivity contribution is 5.87. The van der Waals surface area contributed by atoms with Gasteiger partial charge in [-0.1, -0.05) is 176 Å². The van der Waals surface area contributed by atoms with Crippen molar-refractivity contribution in [2.45, 2.75) is 139 Å². The van der Waals surface area contributed by atoms with E-state index in [4.69, 9.17) is 114 Å². The quantitative estimate of drug-likeness (QED) is 0.0341. The number of cyclic esters (lactones) is 8. The number of carbonyl (C=O) groups is 8. The number of benzene rings is 8. The topological polar surface area (TPSA) is 358 Å². The highest BCUT2D eigenvalue weighted by Gasteiger charge is 2.30. The van der Waals surface area contributed by atoms with Crippen molar-refractivity contribution in [3.05, 3.63) is 364 Å². The monoisotopic (exact) mass is 2020 g/mol. The zero-order chi connectivity index (χ0) is 104. The molecule has 774 valence electrons. The van der Waals surface area contributed by atoms with Gasteiger partial charge in [-0.3, -0.25) is 0 Å². The Balaban J connectivity index is 0.000000141. The summed E-state index contributed by atoms with van der Waals surface area (Å²) < 4.78 is 125. The van der Waals surface area contributed by atoms with E-state index in [2.05, 4.69) is 12.1 Å². The van der Waals surface area contributed by atoms with Crippen molar-refractivity contribution in [3.8, 4) is 46.0 Å². The van der Waals surface area contributed by atoms with Gasteiger partial charge in [0.1, 0.15) is 94.9 Å². The van der Waals surface area contributed by atoms with E-state index in [1.165, 1.54) is 54.2 Å². The van der Waals surface area contributed by atoms with Gasteiger partial charge in [-0.25, -0.2) is 38.4 Å². The fourth-order valence-electron chi connectivity index (χ4n) is 15.8. The zero-order valence-electron chi connectivity index (χ0n) is 83.3. The number of methoxy groups -OCH3 is 8. The second-order valence-electron chi connectivity index (χ2n) is 33.9. The lowest BCUT2D eigenvalue weighted by Gasteiger charge is -2.22. The van der Waals surface area contributed by atoms with E-state index in [1.807, 2.05) is 243 Å². The first-order valence-corrected chi connectivity index (χ1v) is 47.9. The number of hydrogen-bond acceptors (Lipinski definition) is 32. The Hall–Kier alpha value is -17.1. The molecule has 4 unspecified atom stereocenters. The summed E-state index contributed by atoms with van der Waals surface area (Å²) in [5.74, 6) is 8.57. The average molecular weight is 2020 g/mol. The molecule has 12 heterocycles. The third-order valence-electron chi connectivity index (χ3n) is 23.5. The molecule has 0 fully saturated rings. The predicted octanol–water partition coefficient (Wildman–Crippen LogP) is 19.0. The average Bonchev–Trinajstić information content (AvgIpc) is 1.69. The Bertz CT molecular complexity index is 5870. The summed E-state index contributed by atoms with van der Waals surface area (Å²) in [5, 5.41) is 0. The van der Waals surface area contributed by atoms with Crippen molar-refractivity contribution >= 4 is 78.1 Å². The standard InChI is InChI=1S/2C15H16O5.2C15H14O5.C14H16O3.3C14H14O3/c4*1-17-12-7-11(20-15(16)8-12)4-2-10-3-5-13-14(6-10)19-9-18-13;4*1-16-13-9-12(17-14(15)10-13)8-7-11-5-3-2-4-6-11/h2*3,5-6,8,11H,2,4,7,9H2,1H3;2*2-6,8,11H,7,9H2,1H3;2-6,10,12H,7-9H2,1H3;3*2-8,10,12H,9H2,1H3/b;;2*4-2+;;3*8-7+/t11-;;11-;;;2*12-;/m0.0..10./s1. The molecule has 0 saturated carbocycles. The van der Waals surface area contributed by atoms with Gasteiger partial charge in [0.05, 0.1) is 105 Å². The summed E-state index contributed by atoms with van der Waals surface area (Å²) >= 11 is 0. The van der Waals surface area contributed by atoms with Crippen LogP contribution in [-0.2, 0) is 133 Å². The van der Waals surface area contributed by atoms with E-state index in [1.54, 1.807) is 56.9 Å². The molecule has 0 spiro atoms. The van der Waals surface area contributed by atoms with Crippen LogP contribution >= 0.6 is 0 Å². The number of carbonyl (C=O) groups excluding carboxylic acids is 8. The van der Waals surface area contributed by atoms with Crippen molar-refractivity contribution in [2.75, 3.05) is 84.1 Å². The lowest BCUT2D eigenvalue weighted by Crippen LogP contribution is -2.23. The minimum atomic E-state index is -0.381. The third kappa shape index (κ3) is 35.8. The van der Waals surface area contributed by atoms with Gasteiger partial charge in [0.2, 0.25) is 27.2 Å². The Morgan fingerprint density at radius 2 is 0.426 bits per heavy atom. The van der Waals surface area contributed by atoms with E-state index in [-0.39, 0.29) is 124 Å². The predicted molar refractivity (Wildman–Crippen MR) is 543 cm³/mol. The van der Waals surface area contributed by atoms with Crippen molar-refractivity contribution in [1.29, 1.82) is 0 Å². The van der Waals surface area contributed by atoms with Crippen LogP contribution in [0.15, 0.2) is 319 Å². The fraction of sp³-hybridized carbons (Fsp3) is 0.293. The second-order valence-corrected chi connectivity index (χ2v) is 33.9. The summed E-state index contributed by atoms with van der Waals surface area (Å²) in [6.45, 7) is 1.07. The Labute approximate surface area is 858 Å². The smallest absolute Gasteiger partial charge is 0.334 e. The molecule has 148 heavy (non-hydrogen) atoms. The van der Waals surface area contributed by atoms with E-state index in [0.29, 0.717) is 97.4 Å². The number of hydrogen-bond donors (Lipinski definition) is 0. The number of fused-ring (bicyclic) bond motifs is 4.